The summed E-state index contributed by atoms with van der Waals surface area (Å²) in [5.41, 5.74) is 1.08. The first-order valence-corrected chi connectivity index (χ1v) is 11.4. The molecule has 1 aliphatic rings. The summed E-state index contributed by atoms with van der Waals surface area (Å²) in [4.78, 5) is 14.4. The minimum atomic E-state index is 0. The van der Waals surface area contributed by atoms with E-state index in [-0.39, 0.29) is 24.0 Å². The molecule has 2 heterocycles. The third-order valence-electron chi connectivity index (χ3n) is 5.55. The fourth-order valence-electron chi connectivity index (χ4n) is 4.03. The van der Waals surface area contributed by atoms with Crippen molar-refractivity contribution in [2.75, 3.05) is 37.6 Å². The molecule has 172 valence electrons. The molecular weight excluding hydrogens is 487 g/mol. The Morgan fingerprint density at radius 2 is 1.87 bits per heavy atom. The van der Waals surface area contributed by atoms with E-state index in [2.05, 4.69) is 85.2 Å². The molecule has 0 spiro atoms. The van der Waals surface area contributed by atoms with Crippen LogP contribution in [0, 0.1) is 6.92 Å². The highest BCUT2D eigenvalue weighted by molar-refractivity contribution is 14.0. The van der Waals surface area contributed by atoms with Gasteiger partial charge >= 0.3 is 0 Å². The van der Waals surface area contributed by atoms with Crippen molar-refractivity contribution in [3.05, 3.63) is 23.9 Å². The van der Waals surface area contributed by atoms with Crippen molar-refractivity contribution in [3.8, 4) is 0 Å². The Bertz CT molecular complexity index is 618. The lowest BCUT2D eigenvalue weighted by atomic mass is 10.1. The smallest absolute Gasteiger partial charge is 0.191 e. The van der Waals surface area contributed by atoms with E-state index in [0.29, 0.717) is 18.1 Å². The van der Waals surface area contributed by atoms with Gasteiger partial charge in [-0.1, -0.05) is 6.07 Å². The number of aliphatic imine (C=N–C) groups is 1. The molecule has 0 aromatic carbocycles. The summed E-state index contributed by atoms with van der Waals surface area (Å²) in [6.45, 7) is 18.2. The van der Waals surface area contributed by atoms with Crippen LogP contribution in [0.25, 0.3) is 0 Å². The number of aromatic nitrogens is 1. The molecule has 0 atom stereocenters. The van der Waals surface area contributed by atoms with Crippen LogP contribution in [0.1, 0.15) is 59.6 Å². The van der Waals surface area contributed by atoms with E-state index in [0.717, 1.165) is 69.5 Å². The lowest BCUT2D eigenvalue weighted by Gasteiger charge is -2.34. The maximum absolute atomic E-state index is 4.83. The summed E-state index contributed by atoms with van der Waals surface area (Å²) in [5.74, 6) is 2.06. The van der Waals surface area contributed by atoms with Gasteiger partial charge in [0.1, 0.15) is 5.82 Å². The molecule has 30 heavy (non-hydrogen) atoms. The fraction of sp³-hybridized carbons (Fsp3) is 0.739. The summed E-state index contributed by atoms with van der Waals surface area (Å²) < 4.78 is 0. The second-order valence-corrected chi connectivity index (χ2v) is 8.58. The molecule has 0 unspecified atom stereocenters. The molecule has 1 aromatic heterocycles. The van der Waals surface area contributed by atoms with Gasteiger partial charge in [0.05, 0.1) is 0 Å². The molecule has 0 aliphatic carbocycles. The summed E-state index contributed by atoms with van der Waals surface area (Å²) >= 11 is 0. The summed E-state index contributed by atoms with van der Waals surface area (Å²) in [6.07, 6.45) is 3.30. The minimum Gasteiger partial charge on any atom is -0.357 e. The van der Waals surface area contributed by atoms with Crippen LogP contribution in [0.3, 0.4) is 0 Å². The molecule has 0 amide bonds. The maximum atomic E-state index is 4.83. The van der Waals surface area contributed by atoms with E-state index in [1.165, 1.54) is 0 Å². The number of piperidine rings is 1. The van der Waals surface area contributed by atoms with Gasteiger partial charge in [0.2, 0.25) is 0 Å². The molecule has 1 saturated heterocycles. The zero-order chi connectivity index (χ0) is 21.2. The van der Waals surface area contributed by atoms with Crippen molar-refractivity contribution in [1.82, 2.24) is 20.5 Å². The Hall–Kier alpha value is -1.09. The summed E-state index contributed by atoms with van der Waals surface area (Å²) in [6, 6.07) is 7.90. The van der Waals surface area contributed by atoms with Crippen LogP contribution in [0.5, 0.6) is 0 Å². The number of anilines is 1. The number of nitrogens with zero attached hydrogens (tertiary/aromatic N) is 4. The Kier molecular flexibility index (Phi) is 12.6. The fourth-order valence-corrected chi connectivity index (χ4v) is 4.03. The zero-order valence-corrected chi connectivity index (χ0v) is 22.1. The van der Waals surface area contributed by atoms with Gasteiger partial charge in [-0.25, -0.2) is 4.98 Å². The molecule has 1 fully saturated rings. The van der Waals surface area contributed by atoms with Gasteiger partial charge in [0.15, 0.2) is 5.96 Å². The van der Waals surface area contributed by atoms with Gasteiger partial charge in [0, 0.05) is 56.5 Å². The number of rotatable bonds is 9. The predicted molar refractivity (Wildman–Crippen MR) is 140 cm³/mol. The lowest BCUT2D eigenvalue weighted by molar-refractivity contribution is 0.174. The molecule has 1 aromatic rings. The SMILES string of the molecule is CCNC(=NCCCN(C(C)C)C(C)C)NC1CCN(c2cccc(C)n2)CC1.I. The van der Waals surface area contributed by atoms with Crippen molar-refractivity contribution < 1.29 is 0 Å². The Balaban J connectivity index is 0.00000450. The zero-order valence-electron chi connectivity index (χ0n) is 19.8. The first kappa shape index (κ1) is 26.9. The topological polar surface area (TPSA) is 55.8 Å². The lowest BCUT2D eigenvalue weighted by Crippen LogP contribution is -2.49. The van der Waals surface area contributed by atoms with Crippen LogP contribution >= 0.6 is 24.0 Å². The number of halogens is 1. The van der Waals surface area contributed by atoms with E-state index >= 15 is 0 Å². The highest BCUT2D eigenvalue weighted by Crippen LogP contribution is 2.18. The van der Waals surface area contributed by atoms with E-state index in [4.69, 9.17) is 4.99 Å². The van der Waals surface area contributed by atoms with Crippen LogP contribution in [-0.4, -0.2) is 66.7 Å². The molecule has 2 rings (SSSR count). The standard InChI is InChI=1S/C23H42N6.HI/c1-7-24-23(25-14-9-15-29(18(2)3)19(4)5)27-21-12-16-28(17-13-21)22-11-8-10-20(6)26-22;/h8,10-11,18-19,21H,7,9,12-17H2,1-6H3,(H2,24,25,27);1H. The number of nitrogens with one attached hydrogen (secondary N) is 2. The number of aryl methyl sites for hydroxylation is 1. The highest BCUT2D eigenvalue weighted by atomic mass is 127. The summed E-state index contributed by atoms with van der Waals surface area (Å²) in [5, 5.41) is 7.07. The molecule has 0 bridgehead atoms. The van der Waals surface area contributed by atoms with Crippen molar-refractivity contribution in [3.63, 3.8) is 0 Å². The molecule has 1 aliphatic heterocycles. The molecule has 0 radical (unpaired) electrons. The first-order chi connectivity index (χ1) is 13.9. The van der Waals surface area contributed by atoms with E-state index < -0.39 is 0 Å². The quantitative estimate of drug-likeness (QED) is 0.219. The highest BCUT2D eigenvalue weighted by Gasteiger charge is 2.21. The van der Waals surface area contributed by atoms with E-state index in [1.54, 1.807) is 0 Å². The van der Waals surface area contributed by atoms with Gasteiger partial charge < -0.3 is 15.5 Å². The van der Waals surface area contributed by atoms with Crippen molar-refractivity contribution in [1.29, 1.82) is 0 Å². The van der Waals surface area contributed by atoms with Gasteiger partial charge in [-0.3, -0.25) is 9.89 Å². The maximum Gasteiger partial charge on any atom is 0.191 e. The minimum absolute atomic E-state index is 0. The third-order valence-corrected chi connectivity index (χ3v) is 5.55. The monoisotopic (exact) mass is 530 g/mol. The second kappa shape index (κ2) is 14.1. The van der Waals surface area contributed by atoms with Crippen LogP contribution in [-0.2, 0) is 0 Å². The molecule has 6 nitrogen and oxygen atoms in total. The second-order valence-electron chi connectivity index (χ2n) is 8.58. The first-order valence-electron chi connectivity index (χ1n) is 11.4. The van der Waals surface area contributed by atoms with Crippen LogP contribution in [0.15, 0.2) is 23.2 Å². The van der Waals surface area contributed by atoms with Crippen LogP contribution in [0.2, 0.25) is 0 Å². The van der Waals surface area contributed by atoms with Gasteiger partial charge in [0.25, 0.3) is 0 Å². The van der Waals surface area contributed by atoms with Gasteiger partial charge in [-0.2, -0.15) is 0 Å². The number of guanidine groups is 1. The molecule has 2 N–H and O–H groups in total. The normalized spacial score (nSPS) is 15.6. The number of hydrogen-bond acceptors (Lipinski definition) is 4. The Morgan fingerprint density at radius 1 is 1.20 bits per heavy atom. The van der Waals surface area contributed by atoms with Crippen molar-refractivity contribution >= 4 is 35.8 Å². The largest absolute Gasteiger partial charge is 0.357 e. The Morgan fingerprint density at radius 3 is 2.43 bits per heavy atom. The van der Waals surface area contributed by atoms with Crippen molar-refractivity contribution in [2.24, 2.45) is 4.99 Å². The van der Waals surface area contributed by atoms with E-state index in [9.17, 15) is 0 Å². The van der Waals surface area contributed by atoms with E-state index in [1.807, 2.05) is 0 Å². The number of pyridine rings is 1. The average molecular weight is 531 g/mol. The van der Waals surface area contributed by atoms with Gasteiger partial charge in [-0.05, 0) is 72.9 Å². The average Bonchev–Trinajstić information content (AvgIpc) is 2.68. The Labute approximate surface area is 201 Å². The van der Waals surface area contributed by atoms with Crippen LogP contribution in [0.4, 0.5) is 5.82 Å². The summed E-state index contributed by atoms with van der Waals surface area (Å²) in [7, 11) is 0. The molecule has 0 saturated carbocycles. The molecular formula is C23H43IN6. The van der Waals surface area contributed by atoms with Gasteiger partial charge in [-0.15, -0.1) is 24.0 Å². The van der Waals surface area contributed by atoms with Crippen molar-refractivity contribution in [2.45, 2.75) is 78.9 Å². The molecule has 7 heteroatoms. The number of hydrogen-bond donors (Lipinski definition) is 2. The predicted octanol–water partition coefficient (Wildman–Crippen LogP) is 4.04. The third kappa shape index (κ3) is 8.96. The van der Waals surface area contributed by atoms with Crippen LogP contribution < -0.4 is 15.5 Å².